The largest absolute Gasteiger partial charge is 0.361 e. The molecule has 4 N–H and O–H groups in total. The Morgan fingerprint density at radius 1 is 1.22 bits per heavy atom. The number of benzene rings is 1. The number of fused-ring (bicyclic) bond motifs is 1. The molecule has 4 aromatic rings. The average molecular weight is 380 g/mol. The predicted molar refractivity (Wildman–Crippen MR) is 107 cm³/mol. The van der Waals surface area contributed by atoms with E-state index < -0.39 is 0 Å². The summed E-state index contributed by atoms with van der Waals surface area (Å²) in [5.41, 5.74) is 3.43. The van der Waals surface area contributed by atoms with Gasteiger partial charge >= 0.3 is 0 Å². The summed E-state index contributed by atoms with van der Waals surface area (Å²) in [6.45, 7) is 0.616. The zero-order valence-corrected chi connectivity index (χ0v) is 15.2. The Hall–Kier alpha value is -3.06. The van der Waals surface area contributed by atoms with Gasteiger partial charge in [-0.05, 0) is 30.5 Å². The second kappa shape index (κ2) is 6.59. The number of H-pyrrole nitrogens is 2. The van der Waals surface area contributed by atoms with Gasteiger partial charge in [-0.15, -0.1) is 0 Å². The lowest BCUT2D eigenvalue weighted by atomic mass is 10.1. The van der Waals surface area contributed by atoms with Crippen molar-refractivity contribution in [3.8, 4) is 0 Å². The van der Waals surface area contributed by atoms with E-state index in [0.29, 0.717) is 35.1 Å². The van der Waals surface area contributed by atoms with Gasteiger partial charge in [0.15, 0.2) is 11.6 Å². The molecule has 8 heteroatoms. The average Bonchev–Trinajstić information content (AvgIpc) is 3.23. The first-order valence-corrected chi connectivity index (χ1v) is 9.28. The third kappa shape index (κ3) is 3.33. The summed E-state index contributed by atoms with van der Waals surface area (Å²) in [5, 5.41) is 15.4. The number of halogens is 1. The van der Waals surface area contributed by atoms with Crippen LogP contribution >= 0.6 is 11.6 Å². The van der Waals surface area contributed by atoms with E-state index in [2.05, 4.69) is 54.0 Å². The zero-order chi connectivity index (χ0) is 18.2. The lowest BCUT2D eigenvalue weighted by Crippen LogP contribution is -2.06. The van der Waals surface area contributed by atoms with Crippen LogP contribution in [0.15, 0.2) is 42.7 Å². The van der Waals surface area contributed by atoms with Gasteiger partial charge in [-0.2, -0.15) is 10.1 Å². The van der Waals surface area contributed by atoms with Gasteiger partial charge in [0.05, 0.1) is 6.20 Å². The van der Waals surface area contributed by atoms with E-state index in [1.807, 2.05) is 18.3 Å². The van der Waals surface area contributed by atoms with Crippen LogP contribution in [0.2, 0.25) is 5.02 Å². The van der Waals surface area contributed by atoms with E-state index in [0.717, 1.165) is 11.2 Å². The molecule has 0 saturated heterocycles. The minimum atomic E-state index is 0.448. The molecule has 0 aliphatic heterocycles. The highest BCUT2D eigenvalue weighted by molar-refractivity contribution is 6.32. The van der Waals surface area contributed by atoms with Gasteiger partial charge in [-0.1, -0.05) is 23.7 Å². The van der Waals surface area contributed by atoms with Crippen molar-refractivity contribution in [3.63, 3.8) is 0 Å². The van der Waals surface area contributed by atoms with Crippen LogP contribution in [0.3, 0.4) is 0 Å². The number of aromatic nitrogens is 5. The van der Waals surface area contributed by atoms with Crippen molar-refractivity contribution < 1.29 is 0 Å². The number of hydrogen-bond donors (Lipinski definition) is 4. The smallest absolute Gasteiger partial charge is 0.224 e. The Morgan fingerprint density at radius 3 is 3.04 bits per heavy atom. The van der Waals surface area contributed by atoms with Crippen molar-refractivity contribution in [2.75, 3.05) is 10.6 Å². The molecule has 1 fully saturated rings. The molecule has 0 amide bonds. The summed E-state index contributed by atoms with van der Waals surface area (Å²) in [5.74, 6) is 2.36. The molecule has 1 aromatic carbocycles. The molecule has 0 unspecified atom stereocenters. The molecule has 27 heavy (non-hydrogen) atoms. The van der Waals surface area contributed by atoms with Gasteiger partial charge < -0.3 is 15.6 Å². The standard InChI is InChI=1S/C19H18ClN7/c20-14-10-23-19(22-9-12-2-1-3-15-13(12)6-7-21-15)25-18(14)24-17-8-16(26-27-17)11-4-5-11/h1-3,6-8,10-11,21H,4-5,9H2,(H3,22,23,24,25,26,27). The van der Waals surface area contributed by atoms with Gasteiger partial charge in [0.2, 0.25) is 5.95 Å². The molecule has 0 radical (unpaired) electrons. The number of nitrogens with zero attached hydrogens (tertiary/aromatic N) is 3. The van der Waals surface area contributed by atoms with Crippen LogP contribution in [0.4, 0.5) is 17.6 Å². The minimum absolute atomic E-state index is 0.448. The monoisotopic (exact) mass is 379 g/mol. The number of anilines is 3. The molecule has 0 atom stereocenters. The minimum Gasteiger partial charge on any atom is -0.361 e. The molecule has 1 saturated carbocycles. The SMILES string of the molecule is Clc1cnc(NCc2cccc3[nH]ccc23)nc1Nc1cc(C2CC2)[nH]n1. The van der Waals surface area contributed by atoms with Gasteiger partial charge in [-0.25, -0.2) is 4.98 Å². The molecule has 136 valence electrons. The maximum atomic E-state index is 6.25. The third-order valence-electron chi connectivity index (χ3n) is 4.73. The molecular weight excluding hydrogens is 362 g/mol. The van der Waals surface area contributed by atoms with Gasteiger partial charge in [0.1, 0.15) is 5.02 Å². The second-order valence-electron chi connectivity index (χ2n) is 6.71. The molecule has 3 aromatic heterocycles. The summed E-state index contributed by atoms with van der Waals surface area (Å²) in [7, 11) is 0. The van der Waals surface area contributed by atoms with Crippen LogP contribution in [-0.4, -0.2) is 25.1 Å². The lowest BCUT2D eigenvalue weighted by Gasteiger charge is -2.09. The topological polar surface area (TPSA) is 94.3 Å². The van der Waals surface area contributed by atoms with Gasteiger partial charge in [0, 0.05) is 41.3 Å². The molecular formula is C19H18ClN7. The number of aromatic amines is 2. The normalized spacial score (nSPS) is 13.8. The summed E-state index contributed by atoms with van der Waals surface area (Å²) in [6, 6.07) is 10.2. The summed E-state index contributed by atoms with van der Waals surface area (Å²) in [4.78, 5) is 12.0. The van der Waals surface area contributed by atoms with Crippen LogP contribution in [0.25, 0.3) is 10.9 Å². The fourth-order valence-corrected chi connectivity index (χ4v) is 3.28. The van der Waals surface area contributed by atoms with Crippen LogP contribution < -0.4 is 10.6 Å². The number of hydrogen-bond acceptors (Lipinski definition) is 5. The summed E-state index contributed by atoms with van der Waals surface area (Å²) in [6.07, 6.45) is 5.97. The first-order chi connectivity index (χ1) is 13.3. The second-order valence-corrected chi connectivity index (χ2v) is 7.11. The van der Waals surface area contributed by atoms with Crippen molar-refractivity contribution in [1.29, 1.82) is 0 Å². The molecule has 5 rings (SSSR count). The number of rotatable bonds is 6. The predicted octanol–water partition coefficient (Wildman–Crippen LogP) is 4.57. The van der Waals surface area contributed by atoms with Crippen LogP contribution in [0.1, 0.15) is 30.0 Å². The zero-order valence-electron chi connectivity index (χ0n) is 14.5. The quantitative estimate of drug-likeness (QED) is 0.393. The fourth-order valence-electron chi connectivity index (χ4n) is 3.14. The van der Waals surface area contributed by atoms with Crippen molar-refractivity contribution in [1.82, 2.24) is 25.1 Å². The lowest BCUT2D eigenvalue weighted by molar-refractivity contribution is 0.966. The maximum absolute atomic E-state index is 6.25. The Kier molecular flexibility index (Phi) is 3.94. The first kappa shape index (κ1) is 16.1. The molecule has 1 aliphatic rings. The van der Waals surface area contributed by atoms with Crippen molar-refractivity contribution >= 4 is 40.1 Å². The molecule has 1 aliphatic carbocycles. The molecule has 7 nitrogen and oxygen atoms in total. The van der Waals surface area contributed by atoms with E-state index in [-0.39, 0.29) is 0 Å². The van der Waals surface area contributed by atoms with Gasteiger partial charge in [0.25, 0.3) is 0 Å². The van der Waals surface area contributed by atoms with Crippen molar-refractivity contribution in [2.24, 2.45) is 0 Å². The van der Waals surface area contributed by atoms with Crippen LogP contribution in [0.5, 0.6) is 0 Å². The molecule has 3 heterocycles. The third-order valence-corrected chi connectivity index (χ3v) is 5.00. The first-order valence-electron chi connectivity index (χ1n) is 8.90. The highest BCUT2D eigenvalue weighted by atomic mass is 35.5. The maximum Gasteiger partial charge on any atom is 0.224 e. The molecule has 0 bridgehead atoms. The molecule has 0 spiro atoms. The van der Waals surface area contributed by atoms with E-state index in [9.17, 15) is 0 Å². The van der Waals surface area contributed by atoms with E-state index >= 15 is 0 Å². The van der Waals surface area contributed by atoms with Crippen molar-refractivity contribution in [3.05, 3.63) is 59.0 Å². The Labute approximate surface area is 160 Å². The fraction of sp³-hybridized carbons (Fsp3) is 0.211. The summed E-state index contributed by atoms with van der Waals surface area (Å²) < 4.78 is 0. The van der Waals surface area contributed by atoms with Crippen LogP contribution in [0, 0.1) is 0 Å². The Morgan fingerprint density at radius 2 is 2.15 bits per heavy atom. The van der Waals surface area contributed by atoms with E-state index in [1.165, 1.54) is 23.8 Å². The van der Waals surface area contributed by atoms with Gasteiger partial charge in [-0.3, -0.25) is 5.10 Å². The Balaban J connectivity index is 1.32. The summed E-state index contributed by atoms with van der Waals surface area (Å²) >= 11 is 6.25. The highest BCUT2D eigenvalue weighted by Gasteiger charge is 2.25. The van der Waals surface area contributed by atoms with E-state index in [1.54, 1.807) is 6.20 Å². The van der Waals surface area contributed by atoms with E-state index in [4.69, 9.17) is 11.6 Å². The van der Waals surface area contributed by atoms with Crippen molar-refractivity contribution in [2.45, 2.75) is 25.3 Å². The highest BCUT2D eigenvalue weighted by Crippen LogP contribution is 2.39. The number of nitrogens with one attached hydrogen (secondary N) is 4. The van der Waals surface area contributed by atoms with Crippen LogP contribution in [-0.2, 0) is 6.54 Å². The Bertz CT molecular complexity index is 1100.